The first kappa shape index (κ1) is 26.7. The molecule has 0 aromatic carbocycles. The van der Waals surface area contributed by atoms with Gasteiger partial charge in [0.1, 0.15) is 6.07 Å². The van der Waals surface area contributed by atoms with Crippen molar-refractivity contribution in [3.05, 3.63) is 35.0 Å². The Kier molecular flexibility index (Phi) is 5.33. The molecule has 0 unspecified atom stereocenters. The summed E-state index contributed by atoms with van der Waals surface area (Å²) in [6.07, 6.45) is 10.6. The third-order valence-corrected chi connectivity index (χ3v) is 12.8. The zero-order valence-corrected chi connectivity index (χ0v) is 24.9. The number of Topliss-reactive ketones (excluding diaryl/α,β-unsaturated/α-hetero) is 1. The monoisotopic (exact) mass is 529 g/mol. The Balaban J connectivity index is 1.54. The predicted octanol–water partition coefficient (Wildman–Crippen LogP) is 6.85. The van der Waals surface area contributed by atoms with Gasteiger partial charge in [-0.25, -0.2) is 0 Å². The number of aryl methyl sites for hydroxylation is 1. The highest BCUT2D eigenvalue weighted by molar-refractivity contribution is 6.04. The van der Waals surface area contributed by atoms with Crippen LogP contribution in [0.1, 0.15) is 105 Å². The van der Waals surface area contributed by atoms with E-state index in [0.29, 0.717) is 5.82 Å². The largest absolute Gasteiger partial charge is 0.339 e. The fourth-order valence-electron chi connectivity index (χ4n) is 10.5. The van der Waals surface area contributed by atoms with E-state index in [1.165, 1.54) is 0 Å². The molecule has 7 atom stereocenters. The summed E-state index contributed by atoms with van der Waals surface area (Å²) in [5, 5.41) is 14.1. The summed E-state index contributed by atoms with van der Waals surface area (Å²) in [6.45, 7) is 17.4. The smallest absolute Gasteiger partial charge is 0.233 e. The van der Waals surface area contributed by atoms with E-state index in [4.69, 9.17) is 9.51 Å². The van der Waals surface area contributed by atoms with E-state index < -0.39 is 10.8 Å². The summed E-state index contributed by atoms with van der Waals surface area (Å²) < 4.78 is 5.90. The Morgan fingerprint density at radius 1 is 1.00 bits per heavy atom. The first-order valence-corrected chi connectivity index (χ1v) is 14.8. The Morgan fingerprint density at radius 3 is 2.33 bits per heavy atom. The Morgan fingerprint density at radius 2 is 1.69 bits per heavy atom. The molecule has 0 N–H and O–H groups in total. The molecule has 1 aromatic rings. The molecule has 208 valence electrons. The third-order valence-electron chi connectivity index (χ3n) is 12.8. The quantitative estimate of drug-likeness (QED) is 0.395. The average Bonchev–Trinajstić information content (AvgIpc) is 3.29. The van der Waals surface area contributed by atoms with Crippen molar-refractivity contribution in [2.45, 2.75) is 106 Å². The lowest BCUT2D eigenvalue weighted by molar-refractivity contribution is -0.161. The zero-order chi connectivity index (χ0) is 28.4. The first-order chi connectivity index (χ1) is 18.1. The fraction of sp³-hybridized carbons (Fsp3) is 0.727. The molecule has 0 bridgehead atoms. The van der Waals surface area contributed by atoms with Crippen molar-refractivity contribution in [3.8, 4) is 6.07 Å². The molecule has 0 spiro atoms. The molecular formula is C33H43N3O3. The third kappa shape index (κ3) is 3.19. The van der Waals surface area contributed by atoms with Gasteiger partial charge in [-0.05, 0) is 86.0 Å². The van der Waals surface area contributed by atoms with Gasteiger partial charge in [-0.3, -0.25) is 9.59 Å². The van der Waals surface area contributed by atoms with Gasteiger partial charge in [-0.1, -0.05) is 65.3 Å². The fourth-order valence-corrected chi connectivity index (χ4v) is 10.5. The number of hydrogen-bond acceptors (Lipinski definition) is 6. The van der Waals surface area contributed by atoms with Crippen LogP contribution in [-0.2, 0) is 15.0 Å². The molecule has 0 aliphatic heterocycles. The molecule has 5 aliphatic carbocycles. The maximum atomic E-state index is 14.6. The highest BCUT2D eigenvalue weighted by Gasteiger charge is 2.70. The van der Waals surface area contributed by atoms with Gasteiger partial charge in [0.2, 0.25) is 5.89 Å². The second-order valence-electron chi connectivity index (χ2n) is 15.6. The summed E-state index contributed by atoms with van der Waals surface area (Å²) in [5.41, 5.74) is -0.382. The molecule has 3 fully saturated rings. The Bertz CT molecular complexity index is 1390. The minimum Gasteiger partial charge on any atom is -0.339 e. The number of carbonyl (C=O) groups is 2. The molecule has 6 nitrogen and oxygen atoms in total. The maximum Gasteiger partial charge on any atom is 0.233 e. The van der Waals surface area contributed by atoms with Gasteiger partial charge in [0.05, 0.1) is 11.0 Å². The van der Waals surface area contributed by atoms with Crippen molar-refractivity contribution in [2.75, 3.05) is 0 Å². The van der Waals surface area contributed by atoms with Crippen LogP contribution in [0.2, 0.25) is 0 Å². The van der Waals surface area contributed by atoms with Gasteiger partial charge in [0.15, 0.2) is 17.4 Å². The summed E-state index contributed by atoms with van der Waals surface area (Å²) >= 11 is 0. The second-order valence-corrected chi connectivity index (χ2v) is 15.6. The van der Waals surface area contributed by atoms with Crippen molar-refractivity contribution in [2.24, 2.45) is 44.8 Å². The maximum absolute atomic E-state index is 14.6. The minimum atomic E-state index is -0.650. The van der Waals surface area contributed by atoms with Crippen LogP contribution < -0.4 is 0 Å². The van der Waals surface area contributed by atoms with E-state index in [-0.39, 0.29) is 56.6 Å². The SMILES string of the molecule is Cc1noc([C@]23CCC(C)(C)C[C@H]2[C@H]2C(=O)C=C4[C@@]5(C)C=C(C#N)C(=O)C(C)(C)[C@@H]5CC[C@@]4(C)[C@]2(C)CC3)n1. The predicted molar refractivity (Wildman–Crippen MR) is 147 cm³/mol. The van der Waals surface area contributed by atoms with Gasteiger partial charge in [0, 0.05) is 16.7 Å². The molecule has 0 radical (unpaired) electrons. The number of hydrogen-bond donors (Lipinski definition) is 0. The number of fused-ring (bicyclic) bond motifs is 7. The average molecular weight is 530 g/mol. The van der Waals surface area contributed by atoms with Crippen LogP contribution in [0.4, 0.5) is 0 Å². The van der Waals surface area contributed by atoms with Gasteiger partial charge in [-0.15, -0.1) is 0 Å². The molecular weight excluding hydrogens is 486 g/mol. The standard InChI is InChI=1S/C33H43N3O3/c1-19-35-27(39-36-19)33-13-11-28(2,3)17-21(33)25-22(37)15-24-30(6)16-20(18-34)26(38)29(4,5)23(30)9-10-31(24,7)32(25,8)12-14-33/h15-16,21,23,25H,9-14,17H2,1-8H3/t21-,23-,25-,30-,31+,32+,33-/m0/s1. The van der Waals surface area contributed by atoms with Crippen LogP contribution in [0, 0.1) is 63.1 Å². The lowest BCUT2D eigenvalue weighted by Gasteiger charge is -2.68. The van der Waals surface area contributed by atoms with E-state index in [1.807, 2.05) is 32.9 Å². The van der Waals surface area contributed by atoms with E-state index in [2.05, 4.69) is 45.8 Å². The molecule has 39 heavy (non-hydrogen) atoms. The number of aromatic nitrogens is 2. The molecule has 3 saturated carbocycles. The van der Waals surface area contributed by atoms with Gasteiger partial charge < -0.3 is 4.52 Å². The molecule has 0 saturated heterocycles. The molecule has 6 heteroatoms. The Hall–Kier alpha value is -2.55. The van der Waals surface area contributed by atoms with Crippen LogP contribution in [0.15, 0.2) is 27.8 Å². The number of rotatable bonds is 1. The first-order valence-electron chi connectivity index (χ1n) is 14.8. The number of carbonyl (C=O) groups excluding carboxylic acids is 2. The second kappa shape index (κ2) is 7.80. The van der Waals surface area contributed by atoms with Crippen LogP contribution in [0.25, 0.3) is 0 Å². The van der Waals surface area contributed by atoms with E-state index >= 15 is 0 Å². The van der Waals surface area contributed by atoms with Crippen molar-refractivity contribution in [1.29, 1.82) is 5.26 Å². The minimum absolute atomic E-state index is 0.0551. The summed E-state index contributed by atoms with van der Waals surface area (Å²) in [6, 6.07) is 2.20. The molecule has 1 aromatic heterocycles. The summed E-state index contributed by atoms with van der Waals surface area (Å²) in [7, 11) is 0. The van der Waals surface area contributed by atoms with Crippen LogP contribution in [0.5, 0.6) is 0 Å². The molecule has 1 heterocycles. The van der Waals surface area contributed by atoms with E-state index in [0.717, 1.165) is 56.4 Å². The number of allylic oxidation sites excluding steroid dienone is 4. The zero-order valence-electron chi connectivity index (χ0n) is 24.9. The lowest BCUT2D eigenvalue weighted by atomic mass is 9.34. The van der Waals surface area contributed by atoms with Crippen LogP contribution in [0.3, 0.4) is 0 Å². The van der Waals surface area contributed by atoms with Gasteiger partial charge in [0.25, 0.3) is 0 Å². The number of nitriles is 1. The van der Waals surface area contributed by atoms with E-state index in [9.17, 15) is 14.9 Å². The van der Waals surface area contributed by atoms with Crippen molar-refractivity contribution >= 4 is 11.6 Å². The summed E-state index contributed by atoms with van der Waals surface area (Å²) in [5.74, 6) is 1.56. The molecule has 5 aliphatic rings. The number of nitrogens with zero attached hydrogens (tertiary/aromatic N) is 3. The van der Waals surface area contributed by atoms with Crippen LogP contribution >= 0.6 is 0 Å². The topological polar surface area (TPSA) is 96.9 Å². The number of ketones is 2. The molecule has 6 rings (SSSR count). The van der Waals surface area contributed by atoms with Crippen LogP contribution in [-0.4, -0.2) is 21.7 Å². The van der Waals surface area contributed by atoms with Gasteiger partial charge >= 0.3 is 0 Å². The highest BCUT2D eigenvalue weighted by atomic mass is 16.5. The van der Waals surface area contributed by atoms with E-state index in [1.54, 1.807) is 0 Å². The highest BCUT2D eigenvalue weighted by Crippen LogP contribution is 2.74. The van der Waals surface area contributed by atoms with Crippen molar-refractivity contribution < 1.29 is 14.1 Å². The Labute approximate surface area is 232 Å². The summed E-state index contributed by atoms with van der Waals surface area (Å²) in [4.78, 5) is 32.6. The molecule has 0 amide bonds. The van der Waals surface area contributed by atoms with Gasteiger partial charge in [-0.2, -0.15) is 10.2 Å². The van der Waals surface area contributed by atoms with Crippen molar-refractivity contribution in [3.63, 3.8) is 0 Å². The lowest BCUT2D eigenvalue weighted by Crippen LogP contribution is -2.65. The van der Waals surface area contributed by atoms with Crippen molar-refractivity contribution in [1.82, 2.24) is 10.1 Å². The normalized spacial score (nSPS) is 44.1.